The second-order valence-corrected chi connectivity index (χ2v) is 4.91. The minimum atomic E-state index is -4.98. The molecule has 11 heteroatoms. The van der Waals surface area contributed by atoms with Crippen molar-refractivity contribution < 1.29 is 40.6 Å². The van der Waals surface area contributed by atoms with Crippen molar-refractivity contribution >= 4 is 23.2 Å². The van der Waals surface area contributed by atoms with Crippen LogP contribution in [0.25, 0.3) is 0 Å². The van der Waals surface area contributed by atoms with Crippen LogP contribution in [0.3, 0.4) is 0 Å². The zero-order valence-electron chi connectivity index (χ0n) is 11.5. The number of nitrogens with one attached hydrogen (secondary N) is 1. The van der Waals surface area contributed by atoms with E-state index in [0.29, 0.717) is 6.07 Å². The SMILES string of the molecule is O=C(Nc1ccc(Cl)c(C(F)(F)F)c1)C1=C(C(F)(F)F)OCCO1. The highest BCUT2D eigenvalue weighted by Gasteiger charge is 2.43. The van der Waals surface area contributed by atoms with Gasteiger partial charge in [-0.05, 0) is 18.2 Å². The number of carbonyl (C=O) groups is 1. The summed E-state index contributed by atoms with van der Waals surface area (Å²) in [5.41, 5.74) is -1.65. The lowest BCUT2D eigenvalue weighted by Crippen LogP contribution is -2.30. The van der Waals surface area contributed by atoms with E-state index in [4.69, 9.17) is 11.6 Å². The highest BCUT2D eigenvalue weighted by atomic mass is 35.5. The Labute approximate surface area is 136 Å². The van der Waals surface area contributed by atoms with Gasteiger partial charge in [0.1, 0.15) is 13.2 Å². The quantitative estimate of drug-likeness (QED) is 0.791. The van der Waals surface area contributed by atoms with Crippen LogP contribution in [0.5, 0.6) is 0 Å². The Morgan fingerprint density at radius 2 is 1.67 bits per heavy atom. The lowest BCUT2D eigenvalue weighted by molar-refractivity contribution is -0.151. The Bertz CT molecular complexity index is 683. The first-order valence-electron chi connectivity index (χ1n) is 6.25. The Morgan fingerprint density at radius 1 is 1.04 bits per heavy atom. The van der Waals surface area contributed by atoms with Crippen molar-refractivity contribution in [2.24, 2.45) is 0 Å². The molecule has 24 heavy (non-hydrogen) atoms. The van der Waals surface area contributed by atoms with Crippen LogP contribution in [0.1, 0.15) is 5.56 Å². The number of hydrogen-bond acceptors (Lipinski definition) is 3. The van der Waals surface area contributed by atoms with Gasteiger partial charge in [-0.2, -0.15) is 26.3 Å². The van der Waals surface area contributed by atoms with Gasteiger partial charge >= 0.3 is 12.4 Å². The Morgan fingerprint density at radius 3 is 2.25 bits per heavy atom. The molecule has 4 nitrogen and oxygen atoms in total. The van der Waals surface area contributed by atoms with Crippen molar-refractivity contribution in [1.29, 1.82) is 0 Å². The van der Waals surface area contributed by atoms with Gasteiger partial charge in [0.25, 0.3) is 5.91 Å². The fourth-order valence-corrected chi connectivity index (χ4v) is 2.03. The molecule has 1 aliphatic rings. The predicted molar refractivity (Wildman–Crippen MR) is 70.1 cm³/mol. The maximum atomic E-state index is 12.8. The van der Waals surface area contributed by atoms with Crippen LogP contribution in [-0.2, 0) is 20.4 Å². The third-order valence-corrected chi connectivity index (χ3v) is 3.11. The maximum Gasteiger partial charge on any atom is 0.453 e. The first-order chi connectivity index (χ1) is 11.0. The van der Waals surface area contributed by atoms with E-state index in [-0.39, 0.29) is 6.61 Å². The average molecular weight is 376 g/mol. The van der Waals surface area contributed by atoms with E-state index in [9.17, 15) is 31.1 Å². The van der Waals surface area contributed by atoms with Crippen LogP contribution < -0.4 is 5.32 Å². The highest BCUT2D eigenvalue weighted by molar-refractivity contribution is 6.31. The molecule has 0 unspecified atom stereocenters. The van der Waals surface area contributed by atoms with E-state index in [1.807, 2.05) is 5.32 Å². The molecule has 1 aromatic carbocycles. The molecular formula is C13H8ClF6NO3. The Kier molecular flexibility index (Phi) is 4.88. The summed E-state index contributed by atoms with van der Waals surface area (Å²) in [6.45, 7) is -0.721. The molecule has 1 heterocycles. The van der Waals surface area contributed by atoms with Gasteiger partial charge in [-0.25, -0.2) is 0 Å². The van der Waals surface area contributed by atoms with E-state index in [1.165, 1.54) is 0 Å². The number of rotatable bonds is 2. The molecular weight excluding hydrogens is 368 g/mol. The fourth-order valence-electron chi connectivity index (χ4n) is 1.81. The number of amides is 1. The molecule has 0 radical (unpaired) electrons. The van der Waals surface area contributed by atoms with Crippen LogP contribution in [-0.4, -0.2) is 25.3 Å². The van der Waals surface area contributed by atoms with Gasteiger partial charge in [0.2, 0.25) is 11.5 Å². The summed E-state index contributed by atoms with van der Waals surface area (Å²) in [7, 11) is 0. The summed E-state index contributed by atoms with van der Waals surface area (Å²) >= 11 is 5.41. The van der Waals surface area contributed by atoms with Crippen molar-refractivity contribution in [3.8, 4) is 0 Å². The maximum absolute atomic E-state index is 12.8. The van der Waals surface area contributed by atoms with Crippen molar-refractivity contribution in [2.45, 2.75) is 12.4 Å². The molecule has 1 aliphatic heterocycles. The molecule has 0 fully saturated rings. The van der Waals surface area contributed by atoms with Crippen LogP contribution in [0.4, 0.5) is 32.0 Å². The summed E-state index contributed by atoms with van der Waals surface area (Å²) in [5, 5.41) is 1.28. The largest absolute Gasteiger partial charge is 0.483 e. The topological polar surface area (TPSA) is 47.6 Å². The first-order valence-corrected chi connectivity index (χ1v) is 6.63. The molecule has 0 atom stereocenters. The van der Waals surface area contributed by atoms with Crippen LogP contribution >= 0.6 is 11.6 Å². The molecule has 0 saturated carbocycles. The number of alkyl halides is 6. The van der Waals surface area contributed by atoms with Gasteiger partial charge in [0.05, 0.1) is 10.6 Å². The monoisotopic (exact) mass is 375 g/mol. The third kappa shape index (κ3) is 4.05. The molecule has 132 valence electrons. The van der Waals surface area contributed by atoms with Gasteiger partial charge in [0.15, 0.2) is 0 Å². The summed E-state index contributed by atoms with van der Waals surface area (Å²) < 4.78 is 85.5. The number of carbonyl (C=O) groups excluding carboxylic acids is 1. The lowest BCUT2D eigenvalue weighted by atomic mass is 10.2. The van der Waals surface area contributed by atoms with E-state index in [1.54, 1.807) is 0 Å². The Balaban J connectivity index is 2.31. The van der Waals surface area contributed by atoms with Crippen molar-refractivity contribution in [1.82, 2.24) is 0 Å². The number of ether oxygens (including phenoxy) is 2. The molecule has 0 aliphatic carbocycles. The van der Waals surface area contributed by atoms with Gasteiger partial charge in [-0.3, -0.25) is 4.79 Å². The molecule has 0 spiro atoms. The van der Waals surface area contributed by atoms with Crippen LogP contribution in [0.2, 0.25) is 5.02 Å². The zero-order chi connectivity index (χ0) is 18.1. The zero-order valence-corrected chi connectivity index (χ0v) is 12.3. The van der Waals surface area contributed by atoms with E-state index in [2.05, 4.69) is 9.47 Å². The molecule has 1 amide bonds. The van der Waals surface area contributed by atoms with Crippen molar-refractivity contribution in [3.63, 3.8) is 0 Å². The first kappa shape index (κ1) is 18.2. The van der Waals surface area contributed by atoms with Crippen molar-refractivity contribution in [3.05, 3.63) is 40.3 Å². The normalized spacial score (nSPS) is 15.6. The van der Waals surface area contributed by atoms with Gasteiger partial charge in [-0.15, -0.1) is 0 Å². The molecule has 0 saturated heterocycles. The predicted octanol–water partition coefficient (Wildman–Crippen LogP) is 4.12. The summed E-state index contributed by atoms with van der Waals surface area (Å²) in [4.78, 5) is 11.9. The Hall–Kier alpha value is -2.10. The highest BCUT2D eigenvalue weighted by Crippen LogP contribution is 2.36. The number of anilines is 1. The summed E-state index contributed by atoms with van der Waals surface area (Å²) in [6.07, 6.45) is -9.77. The standard InChI is InChI=1S/C13H8ClF6NO3/c14-8-2-1-6(5-7(8)12(15,16)17)21-11(22)9-10(13(18,19)20)24-4-3-23-9/h1-2,5H,3-4H2,(H,21,22). The molecule has 0 bridgehead atoms. The number of benzene rings is 1. The smallest absolute Gasteiger partial charge is 0.453 e. The minimum absolute atomic E-state index is 0.309. The van der Waals surface area contributed by atoms with E-state index in [0.717, 1.165) is 12.1 Å². The average Bonchev–Trinajstić information content (AvgIpc) is 2.47. The summed E-state index contributed by atoms with van der Waals surface area (Å²) in [6, 6.07) is 2.36. The second kappa shape index (κ2) is 6.42. The van der Waals surface area contributed by atoms with Gasteiger partial charge in [-0.1, -0.05) is 11.6 Å². The molecule has 1 aromatic rings. The van der Waals surface area contributed by atoms with Crippen molar-refractivity contribution in [2.75, 3.05) is 18.5 Å². The molecule has 2 rings (SSSR count). The number of hydrogen-bond donors (Lipinski definition) is 1. The number of allylic oxidation sites excluding steroid dienone is 1. The summed E-state index contributed by atoms with van der Waals surface area (Å²) in [5.74, 6) is -4.19. The number of halogens is 7. The van der Waals surface area contributed by atoms with Gasteiger partial charge < -0.3 is 14.8 Å². The van der Waals surface area contributed by atoms with E-state index < -0.39 is 52.7 Å². The van der Waals surface area contributed by atoms with Crippen LogP contribution in [0.15, 0.2) is 29.7 Å². The minimum Gasteiger partial charge on any atom is -0.483 e. The van der Waals surface area contributed by atoms with E-state index >= 15 is 0 Å². The molecule has 1 N–H and O–H groups in total. The second-order valence-electron chi connectivity index (χ2n) is 4.50. The lowest BCUT2D eigenvalue weighted by Gasteiger charge is -2.22. The van der Waals surface area contributed by atoms with Gasteiger partial charge in [0, 0.05) is 5.69 Å². The fraction of sp³-hybridized carbons (Fsp3) is 0.308. The third-order valence-electron chi connectivity index (χ3n) is 2.78. The van der Waals surface area contributed by atoms with Crippen LogP contribution in [0, 0.1) is 0 Å². The molecule has 0 aromatic heterocycles.